The number of rotatable bonds is 6. The zero-order valence-electron chi connectivity index (χ0n) is 9.69. The lowest BCUT2D eigenvalue weighted by atomic mass is 10.2. The minimum Gasteiger partial charge on any atom is -0.461 e. The van der Waals surface area contributed by atoms with E-state index in [9.17, 15) is 9.59 Å². The fourth-order valence-corrected chi connectivity index (χ4v) is 2.19. The number of carbonyl (C=O) groups excluding carboxylic acids is 2. The van der Waals surface area contributed by atoms with Crippen LogP contribution >= 0.6 is 11.3 Å². The van der Waals surface area contributed by atoms with E-state index in [0.717, 1.165) is 12.0 Å². The predicted octanol–water partition coefficient (Wildman–Crippen LogP) is 1.53. The molecule has 0 unspecified atom stereocenters. The highest BCUT2D eigenvalue weighted by Gasteiger charge is 2.12. The van der Waals surface area contributed by atoms with Gasteiger partial charge in [-0.05, 0) is 29.9 Å². The normalized spacial score (nSPS) is 9.94. The molecule has 0 aromatic carbocycles. The fourth-order valence-electron chi connectivity index (χ4n) is 1.31. The topological polar surface area (TPSA) is 81.4 Å². The Kier molecular flexibility index (Phi) is 5.48. The van der Waals surface area contributed by atoms with Crippen molar-refractivity contribution in [3.8, 4) is 0 Å². The molecule has 5 nitrogen and oxygen atoms in total. The number of nitrogens with two attached hydrogens (primary N) is 1. The van der Waals surface area contributed by atoms with Gasteiger partial charge in [-0.15, -0.1) is 11.3 Å². The summed E-state index contributed by atoms with van der Waals surface area (Å²) in [5, 5.41) is 4.31. The van der Waals surface area contributed by atoms with E-state index >= 15 is 0 Å². The first-order chi connectivity index (χ1) is 8.15. The molecule has 1 heterocycles. The van der Waals surface area contributed by atoms with Crippen LogP contribution in [0.1, 0.15) is 28.6 Å². The zero-order valence-corrected chi connectivity index (χ0v) is 10.5. The van der Waals surface area contributed by atoms with Gasteiger partial charge in [-0.1, -0.05) is 6.92 Å². The van der Waals surface area contributed by atoms with Crippen molar-refractivity contribution < 1.29 is 14.3 Å². The molecule has 0 radical (unpaired) electrons. The van der Waals surface area contributed by atoms with Gasteiger partial charge in [-0.25, -0.2) is 9.59 Å². The third kappa shape index (κ3) is 4.44. The van der Waals surface area contributed by atoms with Gasteiger partial charge in [0.25, 0.3) is 0 Å². The SMILES string of the molecule is CCc1ccsc1C(=O)OCCCNC(N)=O. The molecule has 1 aromatic rings. The molecule has 0 saturated carbocycles. The maximum atomic E-state index is 11.7. The van der Waals surface area contributed by atoms with Crippen LogP contribution in [0, 0.1) is 0 Å². The number of amides is 2. The Morgan fingerprint density at radius 2 is 2.29 bits per heavy atom. The zero-order chi connectivity index (χ0) is 12.7. The quantitative estimate of drug-likeness (QED) is 0.598. The average Bonchev–Trinajstić information content (AvgIpc) is 2.75. The molecular formula is C11H16N2O3S. The number of primary amides is 1. The van der Waals surface area contributed by atoms with Gasteiger partial charge in [-0.3, -0.25) is 0 Å². The van der Waals surface area contributed by atoms with Gasteiger partial charge < -0.3 is 15.8 Å². The van der Waals surface area contributed by atoms with Crippen LogP contribution in [-0.2, 0) is 11.2 Å². The second kappa shape index (κ2) is 6.90. The van der Waals surface area contributed by atoms with Crippen LogP contribution in [0.5, 0.6) is 0 Å². The lowest BCUT2D eigenvalue weighted by molar-refractivity contribution is 0.0506. The van der Waals surface area contributed by atoms with Crippen LogP contribution < -0.4 is 11.1 Å². The molecule has 0 bridgehead atoms. The van der Waals surface area contributed by atoms with Gasteiger partial charge in [0.1, 0.15) is 4.88 Å². The van der Waals surface area contributed by atoms with Gasteiger partial charge >= 0.3 is 12.0 Å². The number of nitrogens with one attached hydrogen (secondary N) is 1. The Morgan fingerprint density at radius 1 is 1.53 bits per heavy atom. The molecule has 1 rings (SSSR count). The lowest BCUT2D eigenvalue weighted by Crippen LogP contribution is -2.30. The molecule has 17 heavy (non-hydrogen) atoms. The van der Waals surface area contributed by atoms with Crippen molar-refractivity contribution >= 4 is 23.3 Å². The van der Waals surface area contributed by atoms with E-state index in [0.29, 0.717) is 17.8 Å². The van der Waals surface area contributed by atoms with E-state index in [-0.39, 0.29) is 12.6 Å². The van der Waals surface area contributed by atoms with Gasteiger partial charge in [0, 0.05) is 6.54 Å². The molecule has 6 heteroatoms. The summed E-state index contributed by atoms with van der Waals surface area (Å²) in [7, 11) is 0. The number of esters is 1. The summed E-state index contributed by atoms with van der Waals surface area (Å²) in [6.45, 7) is 2.68. The van der Waals surface area contributed by atoms with Crippen molar-refractivity contribution in [2.45, 2.75) is 19.8 Å². The maximum Gasteiger partial charge on any atom is 0.348 e. The van der Waals surface area contributed by atoms with Gasteiger partial charge in [0.05, 0.1) is 6.61 Å². The highest BCUT2D eigenvalue weighted by atomic mass is 32.1. The van der Waals surface area contributed by atoms with Gasteiger partial charge in [0.2, 0.25) is 0 Å². The summed E-state index contributed by atoms with van der Waals surface area (Å²) >= 11 is 1.39. The Bertz CT molecular complexity index is 390. The van der Waals surface area contributed by atoms with Gasteiger partial charge in [-0.2, -0.15) is 0 Å². The number of hydrogen-bond donors (Lipinski definition) is 2. The number of carbonyl (C=O) groups is 2. The molecule has 0 aliphatic heterocycles. The summed E-state index contributed by atoms with van der Waals surface area (Å²) in [6.07, 6.45) is 1.37. The molecule has 0 fully saturated rings. The fraction of sp³-hybridized carbons (Fsp3) is 0.455. The largest absolute Gasteiger partial charge is 0.461 e. The van der Waals surface area contributed by atoms with E-state index in [4.69, 9.17) is 10.5 Å². The number of hydrogen-bond acceptors (Lipinski definition) is 4. The van der Waals surface area contributed by atoms with Crippen molar-refractivity contribution in [2.24, 2.45) is 5.73 Å². The summed E-state index contributed by atoms with van der Waals surface area (Å²) in [6, 6.07) is 1.36. The van der Waals surface area contributed by atoms with Crippen LogP contribution in [0.2, 0.25) is 0 Å². The number of ether oxygens (including phenoxy) is 1. The summed E-state index contributed by atoms with van der Waals surface area (Å²) in [5.41, 5.74) is 5.90. The highest BCUT2D eigenvalue weighted by molar-refractivity contribution is 7.12. The molecule has 0 saturated heterocycles. The molecule has 1 aromatic heterocycles. The third-order valence-corrected chi connectivity index (χ3v) is 3.10. The number of thiophene rings is 1. The van der Waals surface area contributed by atoms with Crippen molar-refractivity contribution in [1.82, 2.24) is 5.32 Å². The average molecular weight is 256 g/mol. The monoisotopic (exact) mass is 256 g/mol. The van der Waals surface area contributed by atoms with E-state index in [1.54, 1.807) is 0 Å². The summed E-state index contributed by atoms with van der Waals surface area (Å²) in [4.78, 5) is 22.7. The molecule has 0 spiro atoms. The molecule has 3 N–H and O–H groups in total. The summed E-state index contributed by atoms with van der Waals surface area (Å²) in [5.74, 6) is -0.295. The summed E-state index contributed by atoms with van der Waals surface area (Å²) < 4.78 is 5.09. The van der Waals surface area contributed by atoms with Crippen LogP contribution in [-0.4, -0.2) is 25.2 Å². The smallest absolute Gasteiger partial charge is 0.348 e. The second-order valence-corrected chi connectivity index (χ2v) is 4.33. The molecule has 0 aliphatic rings. The Morgan fingerprint density at radius 3 is 2.94 bits per heavy atom. The minimum atomic E-state index is -0.567. The molecule has 2 amide bonds. The Balaban J connectivity index is 2.28. The van der Waals surface area contributed by atoms with Crippen LogP contribution in [0.3, 0.4) is 0 Å². The minimum absolute atomic E-state index is 0.278. The molecule has 0 atom stereocenters. The van der Waals surface area contributed by atoms with E-state index in [2.05, 4.69) is 5.32 Å². The third-order valence-electron chi connectivity index (χ3n) is 2.17. The Hall–Kier alpha value is -1.56. The first-order valence-electron chi connectivity index (χ1n) is 5.42. The number of urea groups is 1. The molecule has 0 aliphatic carbocycles. The van der Waals surface area contributed by atoms with Crippen LogP contribution in [0.15, 0.2) is 11.4 Å². The van der Waals surface area contributed by atoms with Crippen molar-refractivity contribution in [3.05, 3.63) is 21.9 Å². The Labute approximate surface area is 104 Å². The van der Waals surface area contributed by atoms with E-state index < -0.39 is 6.03 Å². The van der Waals surface area contributed by atoms with Crippen molar-refractivity contribution in [2.75, 3.05) is 13.2 Å². The van der Waals surface area contributed by atoms with Crippen molar-refractivity contribution in [1.29, 1.82) is 0 Å². The first kappa shape index (κ1) is 13.5. The molecule has 94 valence electrons. The maximum absolute atomic E-state index is 11.7. The first-order valence-corrected chi connectivity index (χ1v) is 6.30. The molecular weight excluding hydrogens is 240 g/mol. The standard InChI is InChI=1S/C11H16N2O3S/c1-2-8-4-7-17-9(8)10(14)16-6-3-5-13-11(12)15/h4,7H,2-3,5-6H2,1H3,(H3,12,13,15). The van der Waals surface area contributed by atoms with Crippen LogP contribution in [0.25, 0.3) is 0 Å². The highest BCUT2D eigenvalue weighted by Crippen LogP contribution is 2.18. The predicted molar refractivity (Wildman–Crippen MR) is 66.2 cm³/mol. The van der Waals surface area contributed by atoms with Crippen molar-refractivity contribution in [3.63, 3.8) is 0 Å². The van der Waals surface area contributed by atoms with Crippen LogP contribution in [0.4, 0.5) is 4.79 Å². The second-order valence-electron chi connectivity index (χ2n) is 3.41. The van der Waals surface area contributed by atoms with Gasteiger partial charge in [0.15, 0.2) is 0 Å². The van der Waals surface area contributed by atoms with E-state index in [1.807, 2.05) is 18.4 Å². The number of aryl methyl sites for hydroxylation is 1. The lowest BCUT2D eigenvalue weighted by Gasteiger charge is -2.05. The van der Waals surface area contributed by atoms with E-state index in [1.165, 1.54) is 11.3 Å².